The number of ether oxygens (including phenoxy) is 1. The Morgan fingerprint density at radius 1 is 1.29 bits per heavy atom. The number of alkyl carbamates (subject to hydrolysis) is 1. The Labute approximate surface area is 140 Å². The Hall–Kier alpha value is -2.83. The van der Waals surface area contributed by atoms with E-state index in [2.05, 4.69) is 10.4 Å². The van der Waals surface area contributed by atoms with E-state index in [1.54, 1.807) is 16.9 Å². The molecule has 7 nitrogen and oxygen atoms in total. The van der Waals surface area contributed by atoms with Crippen molar-refractivity contribution in [3.8, 4) is 0 Å². The summed E-state index contributed by atoms with van der Waals surface area (Å²) in [4.78, 5) is 23.1. The minimum atomic E-state index is -1.01. The fraction of sp³-hybridized carbons (Fsp3) is 0.353. The summed E-state index contributed by atoms with van der Waals surface area (Å²) in [6.45, 7) is 2.78. The lowest BCUT2D eigenvalue weighted by atomic mass is 10.1. The predicted molar refractivity (Wildman–Crippen MR) is 87.3 cm³/mol. The van der Waals surface area contributed by atoms with Crippen LogP contribution in [0, 0.1) is 0 Å². The molecule has 1 aromatic heterocycles. The molecule has 0 aliphatic heterocycles. The lowest BCUT2D eigenvalue weighted by Crippen LogP contribution is -2.32. The summed E-state index contributed by atoms with van der Waals surface area (Å²) in [6, 6.07) is 10.3. The number of amides is 1. The lowest BCUT2D eigenvalue weighted by Gasteiger charge is -2.18. The molecule has 0 fully saturated rings. The second kappa shape index (κ2) is 8.71. The number of rotatable bonds is 8. The molecule has 0 bridgehead atoms. The van der Waals surface area contributed by atoms with E-state index in [4.69, 9.17) is 9.84 Å². The molecule has 1 amide bonds. The van der Waals surface area contributed by atoms with Crippen LogP contribution >= 0.6 is 0 Å². The van der Waals surface area contributed by atoms with Crippen molar-refractivity contribution in [1.29, 1.82) is 0 Å². The van der Waals surface area contributed by atoms with Gasteiger partial charge in [-0.2, -0.15) is 5.10 Å². The molecule has 1 aromatic carbocycles. The van der Waals surface area contributed by atoms with Crippen molar-refractivity contribution < 1.29 is 19.4 Å². The van der Waals surface area contributed by atoms with Crippen LogP contribution in [0.15, 0.2) is 42.6 Å². The van der Waals surface area contributed by atoms with Gasteiger partial charge >= 0.3 is 12.1 Å². The summed E-state index contributed by atoms with van der Waals surface area (Å²) in [6.07, 6.45) is 1.55. The molecule has 0 aliphatic rings. The highest BCUT2D eigenvalue weighted by Crippen LogP contribution is 2.17. The molecule has 0 saturated carbocycles. The second-order valence-corrected chi connectivity index (χ2v) is 5.34. The van der Waals surface area contributed by atoms with Gasteiger partial charge in [-0.15, -0.1) is 0 Å². The normalized spacial score (nSPS) is 11.7. The van der Waals surface area contributed by atoms with E-state index >= 15 is 0 Å². The number of benzene rings is 1. The summed E-state index contributed by atoms with van der Waals surface area (Å²) < 4.78 is 6.86. The van der Waals surface area contributed by atoms with Gasteiger partial charge in [0, 0.05) is 12.7 Å². The molecular formula is C17H21N3O4. The van der Waals surface area contributed by atoms with Crippen LogP contribution in [-0.4, -0.2) is 26.9 Å². The highest BCUT2D eigenvalue weighted by molar-refractivity contribution is 5.71. The number of aliphatic carboxylic acids is 1. The molecule has 128 valence electrons. The van der Waals surface area contributed by atoms with Crippen molar-refractivity contribution in [2.45, 2.75) is 39.0 Å². The standard InChI is InChI=1S/C17H21N3O4/c1-2-10-20-15(8-9-18-20)14(11-16(21)22)19-17(23)24-12-13-6-4-3-5-7-13/h3-9,14H,2,10-12H2,1H3,(H,19,23)(H,21,22). The van der Waals surface area contributed by atoms with Crippen LogP contribution in [0.3, 0.4) is 0 Å². The summed E-state index contributed by atoms with van der Waals surface area (Å²) in [7, 11) is 0. The molecule has 2 N–H and O–H groups in total. The first-order valence-corrected chi connectivity index (χ1v) is 7.81. The Morgan fingerprint density at radius 2 is 2.04 bits per heavy atom. The second-order valence-electron chi connectivity index (χ2n) is 5.34. The largest absolute Gasteiger partial charge is 0.481 e. The summed E-state index contributed by atoms with van der Waals surface area (Å²) in [5.41, 5.74) is 1.51. The van der Waals surface area contributed by atoms with E-state index in [1.165, 1.54) is 0 Å². The van der Waals surface area contributed by atoms with Crippen molar-refractivity contribution in [3.63, 3.8) is 0 Å². The van der Waals surface area contributed by atoms with Crippen LogP contribution in [0.5, 0.6) is 0 Å². The molecule has 1 heterocycles. The van der Waals surface area contributed by atoms with Crippen molar-refractivity contribution >= 4 is 12.1 Å². The third-order valence-electron chi connectivity index (χ3n) is 3.43. The monoisotopic (exact) mass is 331 g/mol. The van der Waals surface area contributed by atoms with Gasteiger partial charge in [0.2, 0.25) is 0 Å². The molecule has 0 radical (unpaired) electrons. The summed E-state index contributed by atoms with van der Waals surface area (Å²) in [5, 5.41) is 15.9. The topological polar surface area (TPSA) is 93.5 Å². The number of hydrogen-bond donors (Lipinski definition) is 2. The number of nitrogens with one attached hydrogen (secondary N) is 1. The van der Waals surface area contributed by atoms with E-state index in [0.717, 1.165) is 12.0 Å². The smallest absolute Gasteiger partial charge is 0.408 e. The number of carboxylic acids is 1. The predicted octanol–water partition coefficient (Wildman–Crippen LogP) is 2.74. The van der Waals surface area contributed by atoms with E-state index in [1.807, 2.05) is 37.3 Å². The van der Waals surface area contributed by atoms with Crippen LogP contribution < -0.4 is 5.32 Å². The zero-order valence-corrected chi connectivity index (χ0v) is 13.5. The molecule has 1 atom stereocenters. The first-order chi connectivity index (χ1) is 11.6. The highest BCUT2D eigenvalue weighted by atomic mass is 16.5. The molecule has 2 rings (SSSR count). The first kappa shape index (κ1) is 17.5. The maximum atomic E-state index is 12.0. The van der Waals surface area contributed by atoms with Crippen molar-refractivity contribution in [2.75, 3.05) is 0 Å². The van der Waals surface area contributed by atoms with Gasteiger partial charge in [0.1, 0.15) is 6.61 Å². The van der Waals surface area contributed by atoms with Gasteiger partial charge < -0.3 is 15.2 Å². The minimum absolute atomic E-state index is 0.126. The zero-order chi connectivity index (χ0) is 17.4. The van der Waals surface area contributed by atoms with E-state index in [9.17, 15) is 9.59 Å². The van der Waals surface area contributed by atoms with E-state index in [0.29, 0.717) is 12.2 Å². The minimum Gasteiger partial charge on any atom is -0.481 e. The van der Waals surface area contributed by atoms with Gasteiger partial charge in [-0.3, -0.25) is 9.48 Å². The lowest BCUT2D eigenvalue weighted by molar-refractivity contribution is -0.137. The molecule has 0 aliphatic carbocycles. The average Bonchev–Trinajstić information content (AvgIpc) is 3.01. The molecule has 7 heteroatoms. The van der Waals surface area contributed by atoms with Crippen LogP contribution in [-0.2, 0) is 22.7 Å². The third-order valence-corrected chi connectivity index (χ3v) is 3.43. The average molecular weight is 331 g/mol. The number of carbonyl (C=O) groups excluding carboxylic acids is 1. The summed E-state index contributed by atoms with van der Waals surface area (Å²) >= 11 is 0. The number of carboxylic acid groups (broad SMARTS) is 1. The quantitative estimate of drug-likeness (QED) is 0.776. The molecule has 1 unspecified atom stereocenters. The number of hydrogen-bond acceptors (Lipinski definition) is 4. The van der Waals surface area contributed by atoms with Gasteiger partial charge in [-0.1, -0.05) is 37.3 Å². The fourth-order valence-electron chi connectivity index (χ4n) is 2.35. The van der Waals surface area contributed by atoms with Gasteiger partial charge in [0.15, 0.2) is 0 Å². The van der Waals surface area contributed by atoms with E-state index in [-0.39, 0.29) is 13.0 Å². The Balaban J connectivity index is 2.01. The van der Waals surface area contributed by atoms with Gasteiger partial charge in [0.25, 0.3) is 0 Å². The SMILES string of the molecule is CCCn1nccc1C(CC(=O)O)NC(=O)OCc1ccccc1. The molecule has 0 saturated heterocycles. The number of aryl methyl sites for hydroxylation is 1. The van der Waals surface area contributed by atoms with Crippen LogP contribution in [0.4, 0.5) is 4.79 Å². The Bertz CT molecular complexity index is 669. The number of carbonyl (C=O) groups is 2. The van der Waals surface area contributed by atoms with Gasteiger partial charge in [0.05, 0.1) is 18.2 Å². The molecule has 2 aromatic rings. The number of nitrogens with zero attached hydrogens (tertiary/aromatic N) is 2. The maximum absolute atomic E-state index is 12.0. The molecule has 24 heavy (non-hydrogen) atoms. The molecular weight excluding hydrogens is 310 g/mol. The third kappa shape index (κ3) is 5.12. The Kier molecular flexibility index (Phi) is 6.36. The van der Waals surface area contributed by atoms with E-state index < -0.39 is 18.1 Å². The fourth-order valence-corrected chi connectivity index (χ4v) is 2.35. The molecule has 0 spiro atoms. The Morgan fingerprint density at radius 3 is 2.71 bits per heavy atom. The van der Waals surface area contributed by atoms with Crippen LogP contribution in [0.2, 0.25) is 0 Å². The summed E-state index contributed by atoms with van der Waals surface area (Å²) in [5.74, 6) is -1.01. The van der Waals surface area contributed by atoms with Crippen molar-refractivity contribution in [1.82, 2.24) is 15.1 Å². The number of aromatic nitrogens is 2. The van der Waals surface area contributed by atoms with Crippen molar-refractivity contribution in [2.24, 2.45) is 0 Å². The zero-order valence-electron chi connectivity index (χ0n) is 13.5. The maximum Gasteiger partial charge on any atom is 0.408 e. The van der Waals surface area contributed by atoms with Crippen molar-refractivity contribution in [3.05, 3.63) is 53.9 Å². The van der Waals surface area contributed by atoms with Gasteiger partial charge in [-0.25, -0.2) is 4.79 Å². The van der Waals surface area contributed by atoms with Crippen LogP contribution in [0.1, 0.15) is 37.1 Å². The van der Waals surface area contributed by atoms with Crippen LogP contribution in [0.25, 0.3) is 0 Å². The highest BCUT2D eigenvalue weighted by Gasteiger charge is 2.22. The van der Waals surface area contributed by atoms with Gasteiger partial charge in [-0.05, 0) is 18.1 Å². The first-order valence-electron chi connectivity index (χ1n) is 7.81.